The van der Waals surface area contributed by atoms with Gasteiger partial charge in [0.25, 0.3) is 5.91 Å². The largest absolute Gasteiger partial charge is 0.466 e. The van der Waals surface area contributed by atoms with Gasteiger partial charge in [0.15, 0.2) is 0 Å². The van der Waals surface area contributed by atoms with E-state index in [9.17, 15) is 14.4 Å². The van der Waals surface area contributed by atoms with Crippen LogP contribution in [0.15, 0.2) is 22.1 Å². The molecule has 3 heterocycles. The third-order valence-corrected chi connectivity index (χ3v) is 6.14. The Labute approximate surface area is 206 Å². The highest BCUT2D eigenvalue weighted by atomic mass is 32.1. The van der Waals surface area contributed by atoms with Crippen molar-refractivity contribution in [3.8, 4) is 0 Å². The maximum absolute atomic E-state index is 12.7. The highest BCUT2D eigenvalue weighted by molar-refractivity contribution is 7.12. The van der Waals surface area contributed by atoms with Crippen molar-refractivity contribution in [1.29, 1.82) is 0 Å². The number of nitrogens with two attached hydrogens (primary N) is 2. The van der Waals surface area contributed by atoms with Gasteiger partial charge in [-0.15, -0.1) is 11.3 Å². The summed E-state index contributed by atoms with van der Waals surface area (Å²) in [5.74, 6) is -1.07. The summed E-state index contributed by atoms with van der Waals surface area (Å²) in [6.07, 6.45) is 3.88. The lowest BCUT2D eigenvalue weighted by molar-refractivity contribution is -0.146. The number of furan rings is 1. The minimum Gasteiger partial charge on any atom is -0.466 e. The molecular weight excluding hydrogens is 474 g/mol. The SMILES string of the molecule is CCOC(=O)CC[C@H](NC(=O)c1cc(CCCc2coc3nc(N)nc(N)c23)cs1)C(=O)OCC. The second kappa shape index (κ2) is 12.2. The predicted molar refractivity (Wildman–Crippen MR) is 131 cm³/mol. The number of carbonyl (C=O) groups excluding carboxylic acids is 3. The minimum atomic E-state index is -0.937. The quantitative estimate of drug-likeness (QED) is 0.312. The molecule has 3 aromatic heterocycles. The number of amides is 1. The molecule has 12 heteroatoms. The lowest BCUT2D eigenvalue weighted by atomic mass is 10.1. The summed E-state index contributed by atoms with van der Waals surface area (Å²) in [7, 11) is 0. The predicted octanol–water partition coefficient (Wildman–Crippen LogP) is 2.63. The number of esters is 2. The van der Waals surface area contributed by atoms with E-state index in [-0.39, 0.29) is 37.8 Å². The van der Waals surface area contributed by atoms with Crippen LogP contribution in [-0.2, 0) is 31.9 Å². The standard InChI is InChI=1S/C23H29N5O6S/c1-3-32-17(29)9-8-15(22(31)33-4-2)26-20(30)16-10-13(12-35-16)6-5-7-14-11-34-21-18(14)19(24)27-23(25)28-21/h10-12,15H,3-9H2,1-2H3,(H,26,30)(H4,24,25,27,28)/t15-/m0/s1. The number of ether oxygens (including phenoxy) is 2. The Morgan fingerprint density at radius 2 is 1.91 bits per heavy atom. The zero-order chi connectivity index (χ0) is 25.4. The molecule has 3 rings (SSSR count). The van der Waals surface area contributed by atoms with Crippen LogP contribution in [-0.4, -0.2) is 47.1 Å². The van der Waals surface area contributed by atoms with Crippen LogP contribution in [0.25, 0.3) is 11.1 Å². The smallest absolute Gasteiger partial charge is 0.328 e. The maximum atomic E-state index is 12.7. The van der Waals surface area contributed by atoms with E-state index in [0.29, 0.717) is 22.4 Å². The summed E-state index contributed by atoms with van der Waals surface area (Å²) in [6.45, 7) is 3.80. The van der Waals surface area contributed by atoms with Gasteiger partial charge >= 0.3 is 11.9 Å². The van der Waals surface area contributed by atoms with E-state index in [1.807, 2.05) is 5.38 Å². The van der Waals surface area contributed by atoms with Gasteiger partial charge in [0.1, 0.15) is 11.9 Å². The molecule has 5 N–H and O–H groups in total. The van der Waals surface area contributed by atoms with Crippen molar-refractivity contribution in [2.75, 3.05) is 24.7 Å². The number of nitrogen functional groups attached to an aromatic ring is 2. The Balaban J connectivity index is 1.57. The number of hydrogen-bond donors (Lipinski definition) is 3. The van der Waals surface area contributed by atoms with Gasteiger partial charge in [0.05, 0.1) is 29.7 Å². The van der Waals surface area contributed by atoms with Crippen molar-refractivity contribution in [3.63, 3.8) is 0 Å². The first-order valence-electron chi connectivity index (χ1n) is 11.3. The van der Waals surface area contributed by atoms with E-state index in [4.69, 9.17) is 25.4 Å². The summed E-state index contributed by atoms with van der Waals surface area (Å²) in [6, 6.07) is 0.854. The molecule has 0 aliphatic carbocycles. The number of nitrogens with zero attached hydrogens (tertiary/aromatic N) is 2. The first-order chi connectivity index (χ1) is 16.8. The fourth-order valence-corrected chi connectivity index (χ4v) is 4.41. The molecule has 0 fully saturated rings. The average Bonchev–Trinajstić information content (AvgIpc) is 3.44. The lowest BCUT2D eigenvalue weighted by Gasteiger charge is -2.16. The molecule has 0 radical (unpaired) electrons. The van der Waals surface area contributed by atoms with Gasteiger partial charge in [0.2, 0.25) is 11.7 Å². The van der Waals surface area contributed by atoms with Crippen LogP contribution in [0, 0.1) is 0 Å². The van der Waals surface area contributed by atoms with Crippen molar-refractivity contribution in [3.05, 3.63) is 33.7 Å². The highest BCUT2D eigenvalue weighted by Gasteiger charge is 2.24. The number of aryl methyl sites for hydroxylation is 2. The molecule has 11 nitrogen and oxygen atoms in total. The zero-order valence-electron chi connectivity index (χ0n) is 19.7. The summed E-state index contributed by atoms with van der Waals surface area (Å²) in [4.78, 5) is 45.2. The molecule has 1 atom stereocenters. The summed E-state index contributed by atoms with van der Waals surface area (Å²) < 4.78 is 15.4. The van der Waals surface area contributed by atoms with Gasteiger partial charge in [0, 0.05) is 12.0 Å². The lowest BCUT2D eigenvalue weighted by Crippen LogP contribution is -2.42. The summed E-state index contributed by atoms with van der Waals surface area (Å²) in [5.41, 5.74) is 13.8. The van der Waals surface area contributed by atoms with Gasteiger partial charge in [-0.2, -0.15) is 9.97 Å². The molecule has 0 saturated carbocycles. The number of hydrogen-bond acceptors (Lipinski definition) is 11. The Hall–Kier alpha value is -3.67. The van der Waals surface area contributed by atoms with E-state index in [1.54, 1.807) is 26.2 Å². The highest BCUT2D eigenvalue weighted by Crippen LogP contribution is 2.26. The Bertz CT molecular complexity index is 1190. The molecule has 3 aromatic rings. The molecule has 35 heavy (non-hydrogen) atoms. The molecule has 188 valence electrons. The van der Waals surface area contributed by atoms with Crippen LogP contribution in [0.5, 0.6) is 0 Å². The van der Waals surface area contributed by atoms with Crippen molar-refractivity contribution in [2.45, 2.75) is 52.0 Å². The fraction of sp³-hybridized carbons (Fsp3) is 0.435. The maximum Gasteiger partial charge on any atom is 0.328 e. The first kappa shape index (κ1) is 25.9. The summed E-state index contributed by atoms with van der Waals surface area (Å²) >= 11 is 1.28. The van der Waals surface area contributed by atoms with Crippen LogP contribution in [0.4, 0.5) is 11.8 Å². The fourth-order valence-electron chi connectivity index (χ4n) is 3.56. The third-order valence-electron chi connectivity index (χ3n) is 5.16. The molecule has 0 saturated heterocycles. The number of thiophene rings is 1. The van der Waals surface area contributed by atoms with Crippen molar-refractivity contribution >= 4 is 52.0 Å². The van der Waals surface area contributed by atoms with Gasteiger partial charge in [-0.25, -0.2) is 4.79 Å². The number of carbonyl (C=O) groups is 3. The average molecular weight is 504 g/mol. The monoisotopic (exact) mass is 503 g/mol. The Morgan fingerprint density at radius 1 is 1.14 bits per heavy atom. The molecule has 0 spiro atoms. The van der Waals surface area contributed by atoms with E-state index in [1.165, 1.54) is 11.3 Å². The molecular formula is C23H29N5O6S. The zero-order valence-corrected chi connectivity index (χ0v) is 20.5. The van der Waals surface area contributed by atoms with Gasteiger partial charge < -0.3 is 30.7 Å². The molecule has 0 unspecified atom stereocenters. The van der Waals surface area contributed by atoms with Gasteiger partial charge in [-0.1, -0.05) is 0 Å². The van der Waals surface area contributed by atoms with Gasteiger partial charge in [-0.05, 0) is 56.5 Å². The number of aromatic nitrogens is 2. The molecule has 0 aromatic carbocycles. The topological polar surface area (TPSA) is 173 Å². The van der Waals surface area contributed by atoms with Crippen LogP contribution in [0.3, 0.4) is 0 Å². The van der Waals surface area contributed by atoms with E-state index in [2.05, 4.69) is 15.3 Å². The van der Waals surface area contributed by atoms with Crippen LogP contribution in [0.2, 0.25) is 0 Å². The second-order valence-corrected chi connectivity index (χ2v) is 8.61. The van der Waals surface area contributed by atoms with Crippen LogP contribution >= 0.6 is 11.3 Å². The number of rotatable bonds is 12. The molecule has 0 aliphatic heterocycles. The second-order valence-electron chi connectivity index (χ2n) is 7.70. The van der Waals surface area contributed by atoms with Gasteiger partial charge in [-0.3, -0.25) is 9.59 Å². The minimum absolute atomic E-state index is 0.00185. The third kappa shape index (κ3) is 6.92. The Kier molecular flexibility index (Phi) is 9.01. The van der Waals surface area contributed by atoms with E-state index < -0.39 is 23.9 Å². The number of fused-ring (bicyclic) bond motifs is 1. The van der Waals surface area contributed by atoms with E-state index in [0.717, 1.165) is 24.0 Å². The van der Waals surface area contributed by atoms with Crippen molar-refractivity contribution in [1.82, 2.24) is 15.3 Å². The molecule has 0 bridgehead atoms. The van der Waals surface area contributed by atoms with Crippen molar-refractivity contribution in [2.24, 2.45) is 0 Å². The molecule has 0 aliphatic rings. The number of nitrogens with one attached hydrogen (secondary N) is 1. The van der Waals surface area contributed by atoms with Crippen LogP contribution in [0.1, 0.15) is 53.9 Å². The van der Waals surface area contributed by atoms with E-state index >= 15 is 0 Å². The number of anilines is 2. The normalized spacial score (nSPS) is 11.8. The summed E-state index contributed by atoms with van der Waals surface area (Å²) in [5, 5.41) is 5.24. The van der Waals surface area contributed by atoms with Crippen LogP contribution < -0.4 is 16.8 Å². The first-order valence-corrected chi connectivity index (χ1v) is 12.2. The molecule has 1 amide bonds. The Morgan fingerprint density at radius 3 is 2.66 bits per heavy atom. The van der Waals surface area contributed by atoms with Crippen molar-refractivity contribution < 1.29 is 28.3 Å².